The summed E-state index contributed by atoms with van der Waals surface area (Å²) in [5.41, 5.74) is 1.03. The van der Waals surface area contributed by atoms with E-state index in [4.69, 9.17) is 0 Å². The Kier molecular flexibility index (Phi) is 4.32. The van der Waals surface area contributed by atoms with Gasteiger partial charge in [0, 0.05) is 17.5 Å². The van der Waals surface area contributed by atoms with E-state index in [9.17, 15) is 0 Å². The number of thioether (sulfide) groups is 1. The van der Waals surface area contributed by atoms with E-state index in [1.807, 2.05) is 28.8 Å². The van der Waals surface area contributed by atoms with E-state index in [-0.39, 0.29) is 0 Å². The first-order valence-corrected chi connectivity index (χ1v) is 7.45. The quantitative estimate of drug-likeness (QED) is 0.908. The summed E-state index contributed by atoms with van der Waals surface area (Å²) in [5.74, 6) is 0.737. The van der Waals surface area contributed by atoms with Crippen LogP contribution in [0.5, 0.6) is 0 Å². The maximum atomic E-state index is 4.55. The van der Waals surface area contributed by atoms with Crippen LogP contribution in [0.3, 0.4) is 0 Å². The summed E-state index contributed by atoms with van der Waals surface area (Å²) in [4.78, 5) is 4.55. The summed E-state index contributed by atoms with van der Waals surface area (Å²) in [6, 6.07) is 0.396. The van der Waals surface area contributed by atoms with E-state index in [0.717, 1.165) is 23.3 Å². The van der Waals surface area contributed by atoms with Gasteiger partial charge in [0.1, 0.15) is 0 Å². The molecule has 1 aromatic rings. The van der Waals surface area contributed by atoms with Crippen LogP contribution in [0.15, 0.2) is 17.4 Å². The molecule has 4 nitrogen and oxygen atoms in total. The summed E-state index contributed by atoms with van der Waals surface area (Å²) < 4.78 is 1.95. The van der Waals surface area contributed by atoms with Gasteiger partial charge in [0.05, 0.1) is 18.4 Å². The molecule has 2 heterocycles. The number of anilines is 1. The second kappa shape index (κ2) is 5.78. The lowest BCUT2D eigenvalue weighted by Gasteiger charge is -2.10. The average Bonchev–Trinajstić information content (AvgIpc) is 2.88. The third-order valence-electron chi connectivity index (χ3n) is 2.83. The van der Waals surface area contributed by atoms with Crippen molar-refractivity contribution in [3.63, 3.8) is 0 Å². The average molecular weight is 266 g/mol. The zero-order valence-corrected chi connectivity index (χ0v) is 12.4. The molecule has 1 aromatic heterocycles. The van der Waals surface area contributed by atoms with Gasteiger partial charge in [-0.3, -0.25) is 9.67 Å². The van der Waals surface area contributed by atoms with Crippen LogP contribution in [0.2, 0.25) is 0 Å². The van der Waals surface area contributed by atoms with Crippen LogP contribution >= 0.6 is 11.8 Å². The van der Waals surface area contributed by atoms with E-state index in [0.29, 0.717) is 11.3 Å². The molecule has 0 bridgehead atoms. The normalized spacial score (nSPS) is 19.7. The number of nitrogens with zero attached hydrogens (tertiary/aromatic N) is 3. The van der Waals surface area contributed by atoms with Crippen LogP contribution < -0.4 is 5.32 Å². The number of nitrogens with one attached hydrogen (secondary N) is 1. The molecule has 0 aliphatic carbocycles. The zero-order chi connectivity index (χ0) is 13.1. The molecule has 0 spiro atoms. The predicted octanol–water partition coefficient (Wildman–Crippen LogP) is 3.39. The van der Waals surface area contributed by atoms with Gasteiger partial charge in [-0.2, -0.15) is 5.10 Å². The second-order valence-electron chi connectivity index (χ2n) is 5.44. The molecule has 1 N–H and O–H groups in total. The lowest BCUT2D eigenvalue weighted by molar-refractivity contribution is 0.532. The van der Waals surface area contributed by atoms with Gasteiger partial charge < -0.3 is 5.32 Å². The fourth-order valence-corrected chi connectivity index (χ4v) is 3.21. The van der Waals surface area contributed by atoms with Crippen molar-refractivity contribution in [1.29, 1.82) is 0 Å². The molecule has 0 saturated carbocycles. The second-order valence-corrected chi connectivity index (χ2v) is 6.73. The standard InChI is InChI=1S/C13H22N4S/c1-9(2)5-12-7-14-13(18-12)16-11-6-15-17(8-11)10(3)4/h6,8-10,12H,5,7H2,1-4H3,(H,14,16). The third-order valence-corrected chi connectivity index (χ3v) is 3.96. The zero-order valence-electron chi connectivity index (χ0n) is 11.6. The first kappa shape index (κ1) is 13.5. The van der Waals surface area contributed by atoms with Crippen molar-refractivity contribution in [3.8, 4) is 0 Å². The molecule has 1 unspecified atom stereocenters. The molecule has 0 fully saturated rings. The Morgan fingerprint density at radius 2 is 2.22 bits per heavy atom. The Morgan fingerprint density at radius 3 is 2.83 bits per heavy atom. The Morgan fingerprint density at radius 1 is 1.44 bits per heavy atom. The number of hydrogen-bond acceptors (Lipinski definition) is 4. The van der Waals surface area contributed by atoms with Crippen molar-refractivity contribution < 1.29 is 0 Å². The van der Waals surface area contributed by atoms with E-state index in [1.165, 1.54) is 6.42 Å². The SMILES string of the molecule is CC(C)CC1CN=C(Nc2cnn(C(C)C)c2)S1. The van der Waals surface area contributed by atoms with Crippen LogP contribution in [0, 0.1) is 5.92 Å². The van der Waals surface area contributed by atoms with Crippen LogP contribution in [0.25, 0.3) is 0 Å². The molecule has 2 rings (SSSR count). The molecular weight excluding hydrogens is 244 g/mol. The van der Waals surface area contributed by atoms with E-state index in [1.54, 1.807) is 0 Å². The summed E-state index contributed by atoms with van der Waals surface area (Å²) in [6.45, 7) is 9.70. The maximum absolute atomic E-state index is 4.55. The molecule has 0 aromatic carbocycles. The summed E-state index contributed by atoms with van der Waals surface area (Å²) in [7, 11) is 0. The Bertz CT molecular complexity index is 422. The van der Waals surface area contributed by atoms with Crippen LogP contribution in [0.1, 0.15) is 40.2 Å². The topological polar surface area (TPSA) is 42.2 Å². The highest BCUT2D eigenvalue weighted by Gasteiger charge is 2.20. The number of amidine groups is 1. The fraction of sp³-hybridized carbons (Fsp3) is 0.692. The minimum absolute atomic E-state index is 0.396. The molecule has 0 saturated heterocycles. The van der Waals surface area contributed by atoms with Crippen LogP contribution in [0.4, 0.5) is 5.69 Å². The smallest absolute Gasteiger partial charge is 0.161 e. The van der Waals surface area contributed by atoms with Crippen molar-refractivity contribution in [2.75, 3.05) is 11.9 Å². The maximum Gasteiger partial charge on any atom is 0.161 e. The van der Waals surface area contributed by atoms with Crippen molar-refractivity contribution in [1.82, 2.24) is 9.78 Å². The molecule has 100 valence electrons. The summed E-state index contributed by atoms with van der Waals surface area (Å²) >= 11 is 1.85. The molecular formula is C13H22N4S. The molecule has 0 radical (unpaired) electrons. The minimum atomic E-state index is 0.396. The highest BCUT2D eigenvalue weighted by atomic mass is 32.2. The van der Waals surface area contributed by atoms with E-state index in [2.05, 4.69) is 43.1 Å². The third kappa shape index (κ3) is 3.51. The van der Waals surface area contributed by atoms with Gasteiger partial charge in [0.15, 0.2) is 5.17 Å². The molecule has 0 amide bonds. The summed E-state index contributed by atoms with van der Waals surface area (Å²) in [5, 5.41) is 9.33. The predicted molar refractivity (Wildman–Crippen MR) is 79.4 cm³/mol. The van der Waals surface area contributed by atoms with Gasteiger partial charge in [-0.15, -0.1) is 0 Å². The molecule has 18 heavy (non-hydrogen) atoms. The first-order valence-electron chi connectivity index (χ1n) is 6.57. The van der Waals surface area contributed by atoms with Crippen molar-refractivity contribution >= 4 is 22.6 Å². The monoisotopic (exact) mass is 266 g/mol. The highest BCUT2D eigenvalue weighted by Crippen LogP contribution is 2.27. The lowest BCUT2D eigenvalue weighted by atomic mass is 10.1. The van der Waals surface area contributed by atoms with Gasteiger partial charge in [0.2, 0.25) is 0 Å². The Hall–Kier alpha value is -0.970. The van der Waals surface area contributed by atoms with Gasteiger partial charge in [-0.25, -0.2) is 0 Å². The molecule has 1 atom stereocenters. The van der Waals surface area contributed by atoms with Crippen LogP contribution in [-0.2, 0) is 0 Å². The first-order chi connectivity index (χ1) is 8.54. The van der Waals surface area contributed by atoms with Crippen molar-refractivity contribution in [2.24, 2.45) is 10.9 Å². The highest BCUT2D eigenvalue weighted by molar-refractivity contribution is 8.15. The molecule has 1 aliphatic heterocycles. The number of aromatic nitrogens is 2. The molecule has 5 heteroatoms. The number of hydrogen-bond donors (Lipinski definition) is 1. The van der Waals surface area contributed by atoms with Gasteiger partial charge in [0.25, 0.3) is 0 Å². The van der Waals surface area contributed by atoms with E-state index >= 15 is 0 Å². The summed E-state index contributed by atoms with van der Waals surface area (Å²) in [6.07, 6.45) is 5.12. The molecule has 1 aliphatic rings. The minimum Gasteiger partial charge on any atom is -0.332 e. The van der Waals surface area contributed by atoms with Gasteiger partial charge >= 0.3 is 0 Å². The van der Waals surface area contributed by atoms with Gasteiger partial charge in [-0.1, -0.05) is 25.6 Å². The van der Waals surface area contributed by atoms with Crippen molar-refractivity contribution in [2.45, 2.75) is 45.4 Å². The van der Waals surface area contributed by atoms with E-state index < -0.39 is 0 Å². The lowest BCUT2D eigenvalue weighted by Crippen LogP contribution is -2.09. The number of rotatable bonds is 4. The number of aliphatic imine (C=N–C) groups is 1. The van der Waals surface area contributed by atoms with Crippen molar-refractivity contribution in [3.05, 3.63) is 12.4 Å². The van der Waals surface area contributed by atoms with Crippen LogP contribution in [-0.4, -0.2) is 26.7 Å². The largest absolute Gasteiger partial charge is 0.332 e. The Labute approximate surface area is 113 Å². The van der Waals surface area contributed by atoms with Gasteiger partial charge in [-0.05, 0) is 26.2 Å². The Balaban J connectivity index is 1.87. The fourth-order valence-electron chi connectivity index (χ4n) is 1.94.